The van der Waals surface area contributed by atoms with E-state index in [1.165, 1.54) is 6.92 Å². The van der Waals surface area contributed by atoms with Crippen molar-refractivity contribution < 1.29 is 14.3 Å². The van der Waals surface area contributed by atoms with Crippen LogP contribution in [0.5, 0.6) is 0 Å². The van der Waals surface area contributed by atoms with Gasteiger partial charge in [0.1, 0.15) is 18.2 Å². The SMILES string of the molecule is C[C@H](NC(=O)Cn1[nH]c(=O)ccc1=O)C(=O)OC(C)(C)C. The molecule has 0 bridgehead atoms. The van der Waals surface area contributed by atoms with Gasteiger partial charge in [-0.15, -0.1) is 0 Å². The van der Waals surface area contributed by atoms with Crippen LogP contribution in [0.2, 0.25) is 0 Å². The Hall–Kier alpha value is -2.38. The van der Waals surface area contributed by atoms with E-state index < -0.39 is 34.6 Å². The van der Waals surface area contributed by atoms with Crippen LogP contribution >= 0.6 is 0 Å². The number of hydrogen-bond acceptors (Lipinski definition) is 5. The number of carbonyl (C=O) groups is 2. The smallest absolute Gasteiger partial charge is 0.328 e. The Bertz CT molecular complexity index is 638. The molecule has 116 valence electrons. The zero-order chi connectivity index (χ0) is 16.2. The first-order valence-corrected chi connectivity index (χ1v) is 6.41. The van der Waals surface area contributed by atoms with Crippen molar-refractivity contribution in [2.45, 2.75) is 45.9 Å². The van der Waals surface area contributed by atoms with Crippen molar-refractivity contribution in [2.24, 2.45) is 0 Å². The molecule has 8 heteroatoms. The number of ether oxygens (including phenoxy) is 1. The van der Waals surface area contributed by atoms with Gasteiger partial charge in [-0.2, -0.15) is 0 Å². The second kappa shape index (κ2) is 6.38. The first kappa shape index (κ1) is 16.7. The second-order valence-electron chi connectivity index (χ2n) is 5.56. The van der Waals surface area contributed by atoms with Gasteiger partial charge in [0, 0.05) is 12.1 Å². The van der Waals surface area contributed by atoms with E-state index in [-0.39, 0.29) is 6.54 Å². The predicted octanol–water partition coefficient (Wildman–Crippen LogP) is -0.617. The summed E-state index contributed by atoms with van der Waals surface area (Å²) in [7, 11) is 0. The molecular weight excluding hydrogens is 278 g/mol. The van der Waals surface area contributed by atoms with Crippen LogP contribution in [0.15, 0.2) is 21.7 Å². The topological polar surface area (TPSA) is 110 Å². The van der Waals surface area contributed by atoms with E-state index in [9.17, 15) is 19.2 Å². The number of rotatable bonds is 4. The van der Waals surface area contributed by atoms with Gasteiger partial charge < -0.3 is 10.1 Å². The summed E-state index contributed by atoms with van der Waals surface area (Å²) in [6, 6.07) is 1.27. The fraction of sp³-hybridized carbons (Fsp3) is 0.538. The molecule has 1 aromatic heterocycles. The molecular formula is C13H19N3O5. The minimum absolute atomic E-state index is 0.387. The van der Waals surface area contributed by atoms with Crippen molar-refractivity contribution in [1.29, 1.82) is 0 Å². The van der Waals surface area contributed by atoms with Crippen LogP contribution in [0.1, 0.15) is 27.7 Å². The van der Waals surface area contributed by atoms with Gasteiger partial charge in [0.2, 0.25) is 5.91 Å². The van der Waals surface area contributed by atoms with Crippen LogP contribution in [0.3, 0.4) is 0 Å². The van der Waals surface area contributed by atoms with Crippen molar-refractivity contribution in [3.05, 3.63) is 32.8 Å². The largest absolute Gasteiger partial charge is 0.458 e. The molecule has 1 rings (SSSR count). The molecule has 1 atom stereocenters. The molecule has 1 aromatic rings. The summed E-state index contributed by atoms with van der Waals surface area (Å²) < 4.78 is 5.97. The number of aromatic amines is 1. The van der Waals surface area contributed by atoms with Gasteiger partial charge in [-0.05, 0) is 27.7 Å². The van der Waals surface area contributed by atoms with Gasteiger partial charge in [0.25, 0.3) is 11.1 Å². The predicted molar refractivity (Wildman–Crippen MR) is 74.8 cm³/mol. The summed E-state index contributed by atoms with van der Waals surface area (Å²) in [5.41, 5.74) is -1.67. The van der Waals surface area contributed by atoms with Crippen LogP contribution in [-0.4, -0.2) is 33.3 Å². The number of H-pyrrole nitrogens is 1. The molecule has 0 aliphatic carbocycles. The highest BCUT2D eigenvalue weighted by molar-refractivity contribution is 5.84. The van der Waals surface area contributed by atoms with Crippen LogP contribution in [0.4, 0.5) is 0 Å². The highest BCUT2D eigenvalue weighted by atomic mass is 16.6. The number of aromatic nitrogens is 2. The van der Waals surface area contributed by atoms with Crippen molar-refractivity contribution in [3.8, 4) is 0 Å². The van der Waals surface area contributed by atoms with Crippen LogP contribution in [0, 0.1) is 0 Å². The molecule has 0 spiro atoms. The molecule has 0 aromatic carbocycles. The number of esters is 1. The minimum Gasteiger partial charge on any atom is -0.458 e. The van der Waals surface area contributed by atoms with Gasteiger partial charge in [0.15, 0.2) is 0 Å². The molecule has 21 heavy (non-hydrogen) atoms. The zero-order valence-corrected chi connectivity index (χ0v) is 12.4. The normalized spacial score (nSPS) is 12.6. The average Bonchev–Trinajstić information content (AvgIpc) is 2.31. The Morgan fingerprint density at radius 2 is 1.95 bits per heavy atom. The molecule has 0 aliphatic heterocycles. The molecule has 1 heterocycles. The maximum atomic E-state index is 11.8. The number of hydrogen-bond donors (Lipinski definition) is 2. The molecule has 8 nitrogen and oxygen atoms in total. The summed E-state index contributed by atoms with van der Waals surface area (Å²) >= 11 is 0. The molecule has 0 saturated carbocycles. The van der Waals surface area contributed by atoms with E-state index in [0.717, 1.165) is 16.8 Å². The second-order valence-corrected chi connectivity index (χ2v) is 5.56. The Kier molecular flexibility index (Phi) is 5.07. The van der Waals surface area contributed by atoms with Crippen molar-refractivity contribution in [1.82, 2.24) is 15.1 Å². The Labute approximate surface area is 121 Å². The third-order valence-electron chi connectivity index (χ3n) is 2.33. The summed E-state index contributed by atoms with van der Waals surface area (Å²) in [4.78, 5) is 46.0. The van der Waals surface area contributed by atoms with Crippen LogP contribution in [-0.2, 0) is 20.9 Å². The molecule has 0 aliphatic rings. The quantitative estimate of drug-likeness (QED) is 0.720. The lowest BCUT2D eigenvalue weighted by Crippen LogP contribution is -2.44. The van der Waals surface area contributed by atoms with Gasteiger partial charge in [-0.1, -0.05) is 0 Å². The van der Waals surface area contributed by atoms with Crippen molar-refractivity contribution >= 4 is 11.9 Å². The van der Waals surface area contributed by atoms with E-state index >= 15 is 0 Å². The molecule has 0 unspecified atom stereocenters. The number of nitrogens with one attached hydrogen (secondary N) is 2. The van der Waals surface area contributed by atoms with E-state index in [2.05, 4.69) is 10.4 Å². The monoisotopic (exact) mass is 297 g/mol. The third-order valence-corrected chi connectivity index (χ3v) is 2.33. The lowest BCUT2D eigenvalue weighted by molar-refractivity contribution is -0.158. The van der Waals surface area contributed by atoms with Gasteiger partial charge in [-0.25, -0.2) is 9.48 Å². The zero-order valence-electron chi connectivity index (χ0n) is 12.4. The van der Waals surface area contributed by atoms with Gasteiger partial charge >= 0.3 is 5.97 Å². The Morgan fingerprint density at radius 1 is 1.33 bits per heavy atom. The molecule has 0 radical (unpaired) electrons. The van der Waals surface area contributed by atoms with Crippen molar-refractivity contribution in [2.75, 3.05) is 0 Å². The molecule has 2 N–H and O–H groups in total. The first-order chi connectivity index (χ1) is 9.58. The minimum atomic E-state index is -0.858. The number of amides is 1. The standard InChI is InChI=1S/C13H19N3O5/c1-8(12(20)21-13(2,3)4)14-10(18)7-16-11(19)6-5-9(17)15-16/h5-6,8H,7H2,1-4H3,(H,14,18)(H,15,17)/t8-/m0/s1. The molecule has 0 saturated heterocycles. The highest BCUT2D eigenvalue weighted by Crippen LogP contribution is 2.08. The maximum Gasteiger partial charge on any atom is 0.328 e. The Morgan fingerprint density at radius 3 is 2.52 bits per heavy atom. The van der Waals surface area contributed by atoms with Gasteiger partial charge in [0.05, 0.1) is 0 Å². The fourth-order valence-corrected chi connectivity index (χ4v) is 1.46. The van der Waals surface area contributed by atoms with Crippen LogP contribution in [0.25, 0.3) is 0 Å². The van der Waals surface area contributed by atoms with Crippen LogP contribution < -0.4 is 16.4 Å². The van der Waals surface area contributed by atoms with Crippen molar-refractivity contribution in [3.63, 3.8) is 0 Å². The molecule has 0 fully saturated rings. The first-order valence-electron chi connectivity index (χ1n) is 6.41. The summed E-state index contributed by atoms with van der Waals surface area (Å²) in [5.74, 6) is -1.16. The third kappa shape index (κ3) is 5.64. The van der Waals surface area contributed by atoms with E-state index in [4.69, 9.17) is 4.74 Å². The Balaban J connectivity index is 2.65. The maximum absolute atomic E-state index is 11.8. The van der Waals surface area contributed by atoms with Gasteiger partial charge in [-0.3, -0.25) is 19.5 Å². The lowest BCUT2D eigenvalue weighted by Gasteiger charge is -2.22. The lowest BCUT2D eigenvalue weighted by atomic mass is 10.2. The number of nitrogens with zero attached hydrogens (tertiary/aromatic N) is 1. The summed E-state index contributed by atoms with van der Waals surface area (Å²) in [6.45, 7) is 6.24. The molecule has 1 amide bonds. The summed E-state index contributed by atoms with van der Waals surface area (Å²) in [6.07, 6.45) is 0. The summed E-state index contributed by atoms with van der Waals surface area (Å²) in [5, 5.41) is 4.62. The van der Waals surface area contributed by atoms with E-state index in [0.29, 0.717) is 0 Å². The number of carbonyl (C=O) groups excluding carboxylic acids is 2. The fourth-order valence-electron chi connectivity index (χ4n) is 1.46. The van der Waals surface area contributed by atoms with E-state index in [1.807, 2.05) is 0 Å². The highest BCUT2D eigenvalue weighted by Gasteiger charge is 2.23. The average molecular weight is 297 g/mol. The van der Waals surface area contributed by atoms with E-state index in [1.54, 1.807) is 20.8 Å².